The lowest BCUT2D eigenvalue weighted by Gasteiger charge is -2.12. The van der Waals surface area contributed by atoms with Crippen molar-refractivity contribution in [2.45, 2.75) is 6.92 Å². The molecule has 1 amide bonds. The van der Waals surface area contributed by atoms with Crippen LogP contribution in [0.5, 0.6) is 5.75 Å². The fourth-order valence-corrected chi connectivity index (χ4v) is 3.96. The predicted molar refractivity (Wildman–Crippen MR) is 119 cm³/mol. The summed E-state index contributed by atoms with van der Waals surface area (Å²) < 4.78 is 5.35. The molecule has 3 rings (SSSR count). The van der Waals surface area contributed by atoms with E-state index in [1.165, 1.54) is 23.9 Å². The van der Waals surface area contributed by atoms with Gasteiger partial charge in [0.25, 0.3) is 5.91 Å². The van der Waals surface area contributed by atoms with Crippen LogP contribution in [-0.4, -0.2) is 40.2 Å². The van der Waals surface area contributed by atoms with E-state index in [1.54, 1.807) is 41.3 Å². The fourth-order valence-electron chi connectivity index (χ4n) is 2.65. The van der Waals surface area contributed by atoms with Gasteiger partial charge in [0.05, 0.1) is 21.2 Å². The number of rotatable bonds is 6. The highest BCUT2D eigenvalue weighted by atomic mass is 35.5. The van der Waals surface area contributed by atoms with E-state index in [2.05, 4.69) is 10.9 Å². The van der Waals surface area contributed by atoms with Gasteiger partial charge < -0.3 is 9.84 Å². The number of benzene rings is 2. The van der Waals surface area contributed by atoms with Crippen LogP contribution in [0.2, 0.25) is 5.02 Å². The Kier molecular flexibility index (Phi) is 6.83. The van der Waals surface area contributed by atoms with E-state index in [9.17, 15) is 9.59 Å². The number of ether oxygens (including phenoxy) is 1. The topological polar surface area (TPSA) is 79.2 Å². The molecule has 30 heavy (non-hydrogen) atoms. The van der Waals surface area contributed by atoms with E-state index in [4.69, 9.17) is 27.9 Å². The standard InChI is InChI=1S/C22H17ClN2O4S/c1-3-11-29-18-10-5-14(12-17(18)23)13-19-20(26)25(4-2)22(30-19)24-16-8-6-15(7-9-16)21(27)28/h1,5-10,12-13H,4,11H2,2H3,(H,27,28). The highest BCUT2D eigenvalue weighted by Crippen LogP contribution is 2.35. The number of aliphatic imine (C=N–C) groups is 1. The van der Waals surface area contributed by atoms with E-state index >= 15 is 0 Å². The van der Waals surface area contributed by atoms with Gasteiger partial charge in [-0.25, -0.2) is 9.79 Å². The van der Waals surface area contributed by atoms with Gasteiger partial charge in [-0.3, -0.25) is 9.69 Å². The Labute approximate surface area is 183 Å². The van der Waals surface area contributed by atoms with Crippen molar-refractivity contribution in [3.63, 3.8) is 0 Å². The van der Waals surface area contributed by atoms with Crippen molar-refractivity contribution in [1.29, 1.82) is 0 Å². The first-order valence-electron chi connectivity index (χ1n) is 8.92. The van der Waals surface area contributed by atoms with E-state index in [-0.39, 0.29) is 18.1 Å². The summed E-state index contributed by atoms with van der Waals surface area (Å²) in [6, 6.07) is 11.3. The van der Waals surface area contributed by atoms with Crippen LogP contribution in [0.4, 0.5) is 5.69 Å². The molecule has 0 atom stereocenters. The number of hydrogen-bond acceptors (Lipinski definition) is 5. The molecule has 0 bridgehead atoms. The maximum absolute atomic E-state index is 12.8. The van der Waals surface area contributed by atoms with Crippen molar-refractivity contribution >= 4 is 52.2 Å². The van der Waals surface area contributed by atoms with Gasteiger partial charge >= 0.3 is 5.97 Å². The summed E-state index contributed by atoms with van der Waals surface area (Å²) in [6.07, 6.45) is 6.92. The molecule has 1 aliphatic rings. The SMILES string of the molecule is C#CCOc1ccc(C=C2SC(=Nc3ccc(C(=O)O)cc3)N(CC)C2=O)cc1Cl. The molecule has 1 heterocycles. The number of amides is 1. The quantitative estimate of drug-likeness (QED) is 0.521. The van der Waals surface area contributed by atoms with E-state index in [1.807, 2.05) is 6.92 Å². The molecule has 0 unspecified atom stereocenters. The Hall–Kier alpha value is -3.21. The molecule has 2 aromatic carbocycles. The number of carboxylic acid groups (broad SMARTS) is 1. The first-order chi connectivity index (χ1) is 14.4. The van der Waals surface area contributed by atoms with Crippen molar-refractivity contribution in [2.75, 3.05) is 13.2 Å². The van der Waals surface area contributed by atoms with Crippen LogP contribution >= 0.6 is 23.4 Å². The highest BCUT2D eigenvalue weighted by Gasteiger charge is 2.32. The van der Waals surface area contributed by atoms with Gasteiger partial charge in [-0.15, -0.1) is 6.42 Å². The number of carbonyl (C=O) groups is 2. The number of nitrogens with zero attached hydrogens (tertiary/aromatic N) is 2. The first kappa shape index (κ1) is 21.5. The Morgan fingerprint density at radius 1 is 1.33 bits per heavy atom. The maximum atomic E-state index is 12.8. The highest BCUT2D eigenvalue weighted by molar-refractivity contribution is 8.18. The first-order valence-corrected chi connectivity index (χ1v) is 10.1. The number of carboxylic acids is 1. The second-order valence-corrected chi connectivity index (χ2v) is 7.51. The number of hydrogen-bond donors (Lipinski definition) is 1. The summed E-state index contributed by atoms with van der Waals surface area (Å²) >= 11 is 7.47. The molecule has 1 fully saturated rings. The summed E-state index contributed by atoms with van der Waals surface area (Å²) in [6.45, 7) is 2.43. The Morgan fingerprint density at radius 2 is 2.07 bits per heavy atom. The molecule has 0 spiro atoms. The van der Waals surface area contributed by atoms with Crippen LogP contribution in [-0.2, 0) is 4.79 Å². The second kappa shape index (κ2) is 9.53. The van der Waals surface area contributed by atoms with Crippen LogP contribution < -0.4 is 4.74 Å². The van der Waals surface area contributed by atoms with Crippen molar-refractivity contribution < 1.29 is 19.4 Å². The number of aromatic carboxylic acids is 1. The molecule has 6 nitrogen and oxygen atoms in total. The van der Waals surface area contributed by atoms with E-state index in [0.29, 0.717) is 33.1 Å². The number of halogens is 1. The molecule has 1 saturated heterocycles. The minimum atomic E-state index is -1.01. The number of likely N-dealkylation sites (N-methyl/N-ethyl adjacent to an activating group) is 1. The summed E-state index contributed by atoms with van der Waals surface area (Å²) in [5.74, 6) is 1.69. The van der Waals surface area contributed by atoms with Crippen LogP contribution in [0.15, 0.2) is 52.4 Å². The zero-order chi connectivity index (χ0) is 21.7. The van der Waals surface area contributed by atoms with Gasteiger partial charge in [0.15, 0.2) is 5.17 Å². The Bertz CT molecular complexity index is 1090. The molecule has 0 aromatic heterocycles. The molecule has 152 valence electrons. The third kappa shape index (κ3) is 4.85. The van der Waals surface area contributed by atoms with E-state index in [0.717, 1.165) is 5.56 Å². The molecular formula is C22H17ClN2O4S. The summed E-state index contributed by atoms with van der Waals surface area (Å²) in [5.41, 5.74) is 1.48. The van der Waals surface area contributed by atoms with Crippen LogP contribution in [0.1, 0.15) is 22.8 Å². The van der Waals surface area contributed by atoms with Crippen LogP contribution in [0.3, 0.4) is 0 Å². The zero-order valence-electron chi connectivity index (χ0n) is 16.0. The van der Waals surface area contributed by atoms with Crippen LogP contribution in [0.25, 0.3) is 6.08 Å². The minimum absolute atomic E-state index is 0.118. The van der Waals surface area contributed by atoms with Gasteiger partial charge in [-0.05, 0) is 66.7 Å². The van der Waals surface area contributed by atoms with Gasteiger partial charge in [0, 0.05) is 6.54 Å². The van der Waals surface area contributed by atoms with Crippen molar-refractivity contribution in [2.24, 2.45) is 4.99 Å². The minimum Gasteiger partial charge on any atom is -0.479 e. The van der Waals surface area contributed by atoms with Crippen molar-refractivity contribution in [1.82, 2.24) is 4.90 Å². The number of terminal acetylenes is 1. The lowest BCUT2D eigenvalue weighted by atomic mass is 10.2. The third-order valence-corrected chi connectivity index (χ3v) is 5.41. The third-order valence-electron chi connectivity index (χ3n) is 4.11. The lowest BCUT2D eigenvalue weighted by Crippen LogP contribution is -2.28. The number of thioether (sulfide) groups is 1. The van der Waals surface area contributed by atoms with Gasteiger partial charge in [-0.2, -0.15) is 0 Å². The lowest BCUT2D eigenvalue weighted by molar-refractivity contribution is -0.122. The average molecular weight is 441 g/mol. The smallest absolute Gasteiger partial charge is 0.335 e. The summed E-state index contributed by atoms with van der Waals surface area (Å²) in [4.78, 5) is 30.3. The Morgan fingerprint density at radius 3 is 2.67 bits per heavy atom. The van der Waals surface area contributed by atoms with E-state index < -0.39 is 5.97 Å². The molecule has 0 saturated carbocycles. The van der Waals surface area contributed by atoms with Crippen molar-refractivity contribution in [3.05, 3.63) is 63.5 Å². The maximum Gasteiger partial charge on any atom is 0.335 e. The molecule has 1 N–H and O–H groups in total. The molecule has 8 heteroatoms. The monoisotopic (exact) mass is 440 g/mol. The van der Waals surface area contributed by atoms with Gasteiger partial charge in [-0.1, -0.05) is 23.6 Å². The number of carbonyl (C=O) groups excluding carboxylic acids is 1. The molecule has 1 aliphatic heterocycles. The molecular weight excluding hydrogens is 424 g/mol. The average Bonchev–Trinajstić information content (AvgIpc) is 3.01. The molecule has 0 aliphatic carbocycles. The largest absolute Gasteiger partial charge is 0.479 e. The summed E-state index contributed by atoms with van der Waals surface area (Å²) in [7, 11) is 0. The molecule has 0 radical (unpaired) electrons. The predicted octanol–water partition coefficient (Wildman–Crippen LogP) is 4.67. The second-order valence-electron chi connectivity index (χ2n) is 6.09. The summed E-state index contributed by atoms with van der Waals surface area (Å²) in [5, 5.41) is 9.93. The molecule has 2 aromatic rings. The Balaban J connectivity index is 1.85. The number of amidine groups is 1. The fraction of sp³-hybridized carbons (Fsp3) is 0.136. The van der Waals surface area contributed by atoms with Crippen molar-refractivity contribution in [3.8, 4) is 18.1 Å². The van der Waals surface area contributed by atoms with Gasteiger partial charge in [0.2, 0.25) is 0 Å². The van der Waals surface area contributed by atoms with Crippen LogP contribution in [0, 0.1) is 12.3 Å². The zero-order valence-corrected chi connectivity index (χ0v) is 17.5. The normalized spacial score (nSPS) is 16.2. The van der Waals surface area contributed by atoms with Gasteiger partial charge in [0.1, 0.15) is 12.4 Å².